The maximum Gasteiger partial charge on any atom is 0.243 e. The van der Waals surface area contributed by atoms with Gasteiger partial charge in [-0.2, -0.15) is 4.31 Å². The van der Waals surface area contributed by atoms with Gasteiger partial charge in [0.2, 0.25) is 10.0 Å². The summed E-state index contributed by atoms with van der Waals surface area (Å²) < 4.78 is 44.1. The van der Waals surface area contributed by atoms with Crippen molar-refractivity contribution in [2.24, 2.45) is 0 Å². The third kappa shape index (κ3) is 5.72. The van der Waals surface area contributed by atoms with Gasteiger partial charge in [0.05, 0.1) is 24.2 Å². The van der Waals surface area contributed by atoms with E-state index in [2.05, 4.69) is 0 Å². The van der Waals surface area contributed by atoms with Crippen LogP contribution in [0.4, 0.5) is 0 Å². The lowest BCUT2D eigenvalue weighted by molar-refractivity contribution is 0.00539. The summed E-state index contributed by atoms with van der Waals surface area (Å²) in [5, 5.41) is 11.0. The minimum absolute atomic E-state index is 0.200. The number of fused-ring (bicyclic) bond motifs is 1. The highest BCUT2D eigenvalue weighted by molar-refractivity contribution is 7.89. The predicted octanol–water partition coefficient (Wildman–Crippen LogP) is 2.00. The molecule has 2 aromatic rings. The molecule has 0 aliphatic carbocycles. The average molecular weight is 483 g/mol. The Morgan fingerprint density at radius 2 is 1.69 bits per heavy atom. The number of sulfonamides is 1. The van der Waals surface area contributed by atoms with Gasteiger partial charge >= 0.3 is 0 Å². The van der Waals surface area contributed by atoms with Gasteiger partial charge in [-0.1, -0.05) is 23.7 Å². The Labute approximate surface area is 193 Å². The highest BCUT2D eigenvalue weighted by Crippen LogP contribution is 2.33. The van der Waals surface area contributed by atoms with Gasteiger partial charge in [0, 0.05) is 43.8 Å². The van der Waals surface area contributed by atoms with Crippen molar-refractivity contribution in [1.29, 1.82) is 0 Å². The summed E-state index contributed by atoms with van der Waals surface area (Å²) in [6.45, 7) is 3.69. The molecule has 0 radical (unpaired) electrons. The number of hydrogen-bond donors (Lipinski definition) is 1. The lowest BCUT2D eigenvalue weighted by Gasteiger charge is -2.35. The number of ether oxygens (including phenoxy) is 3. The summed E-state index contributed by atoms with van der Waals surface area (Å²) in [5.74, 6) is 1.02. The molecule has 1 N–H and O–H groups in total. The van der Waals surface area contributed by atoms with E-state index in [1.807, 2.05) is 17.0 Å². The molecule has 0 amide bonds. The molecule has 174 valence electrons. The van der Waals surface area contributed by atoms with E-state index < -0.39 is 16.1 Å². The fourth-order valence-corrected chi connectivity index (χ4v) is 5.29. The third-order valence-corrected chi connectivity index (χ3v) is 7.59. The predicted molar refractivity (Wildman–Crippen MR) is 120 cm³/mol. The molecule has 1 unspecified atom stereocenters. The minimum Gasteiger partial charge on any atom is -0.486 e. The smallest absolute Gasteiger partial charge is 0.243 e. The third-order valence-electron chi connectivity index (χ3n) is 5.44. The van der Waals surface area contributed by atoms with Gasteiger partial charge in [-0.3, -0.25) is 4.90 Å². The summed E-state index contributed by atoms with van der Waals surface area (Å²) >= 11 is 5.87. The minimum atomic E-state index is -3.62. The van der Waals surface area contributed by atoms with Crippen LogP contribution in [0.1, 0.15) is 5.56 Å². The number of benzene rings is 2. The van der Waals surface area contributed by atoms with E-state index in [1.165, 1.54) is 10.4 Å². The van der Waals surface area contributed by atoms with Crippen molar-refractivity contribution in [3.63, 3.8) is 0 Å². The molecule has 0 bridgehead atoms. The summed E-state index contributed by atoms with van der Waals surface area (Å²) in [4.78, 5) is 2.25. The highest BCUT2D eigenvalue weighted by atomic mass is 35.5. The van der Waals surface area contributed by atoms with E-state index in [4.69, 9.17) is 25.8 Å². The second-order valence-electron chi connectivity index (χ2n) is 7.81. The second-order valence-corrected chi connectivity index (χ2v) is 10.2. The van der Waals surface area contributed by atoms with Gasteiger partial charge in [0.25, 0.3) is 0 Å². The maximum absolute atomic E-state index is 13.0. The van der Waals surface area contributed by atoms with E-state index in [-0.39, 0.29) is 11.5 Å². The highest BCUT2D eigenvalue weighted by Gasteiger charge is 2.30. The van der Waals surface area contributed by atoms with Gasteiger partial charge in [-0.15, -0.1) is 0 Å². The SMILES string of the molecule is O=S(=O)(c1ccc2c(c1)OCCO2)N1CCN(CC(O)COCc2ccc(Cl)cc2)CC1. The van der Waals surface area contributed by atoms with Crippen LogP contribution in [0.15, 0.2) is 47.4 Å². The van der Waals surface area contributed by atoms with Crippen molar-refractivity contribution in [1.82, 2.24) is 9.21 Å². The normalized spacial score (nSPS) is 18.4. The van der Waals surface area contributed by atoms with E-state index in [0.717, 1.165) is 5.56 Å². The Bertz CT molecular complexity index is 1010. The Kier molecular flexibility index (Phi) is 7.55. The van der Waals surface area contributed by atoms with E-state index in [0.29, 0.717) is 69.1 Å². The lowest BCUT2D eigenvalue weighted by atomic mass is 10.2. The topological polar surface area (TPSA) is 88.5 Å². The van der Waals surface area contributed by atoms with Crippen molar-refractivity contribution in [3.05, 3.63) is 53.1 Å². The molecule has 0 aromatic heterocycles. The summed E-state index contributed by atoms with van der Waals surface area (Å²) in [7, 11) is -3.62. The first kappa shape index (κ1) is 23.3. The molecule has 2 aromatic carbocycles. The van der Waals surface area contributed by atoms with Gasteiger partial charge in [-0.05, 0) is 29.8 Å². The van der Waals surface area contributed by atoms with Crippen molar-refractivity contribution in [2.75, 3.05) is 52.5 Å². The number of halogens is 1. The van der Waals surface area contributed by atoms with E-state index in [9.17, 15) is 13.5 Å². The first-order valence-corrected chi connectivity index (χ1v) is 12.4. The molecule has 2 heterocycles. The molecule has 0 saturated carbocycles. The fraction of sp³-hybridized carbons (Fsp3) is 0.455. The first-order valence-electron chi connectivity index (χ1n) is 10.5. The number of piperazine rings is 1. The molecular formula is C22H27ClN2O6S. The number of aliphatic hydroxyl groups is 1. The molecular weight excluding hydrogens is 456 g/mol. The first-order chi connectivity index (χ1) is 15.4. The van der Waals surface area contributed by atoms with Crippen LogP contribution in [-0.4, -0.2) is 81.4 Å². The van der Waals surface area contributed by atoms with Crippen LogP contribution >= 0.6 is 11.6 Å². The van der Waals surface area contributed by atoms with E-state index >= 15 is 0 Å². The van der Waals surface area contributed by atoms with Crippen LogP contribution in [-0.2, 0) is 21.4 Å². The molecule has 1 fully saturated rings. The molecule has 1 saturated heterocycles. The number of hydrogen-bond acceptors (Lipinski definition) is 7. The van der Waals surface area contributed by atoms with E-state index in [1.54, 1.807) is 24.3 Å². The van der Waals surface area contributed by atoms with Crippen molar-refractivity contribution in [3.8, 4) is 11.5 Å². The molecule has 10 heteroatoms. The van der Waals surface area contributed by atoms with Gasteiger partial charge in [0.15, 0.2) is 11.5 Å². The quantitative estimate of drug-likeness (QED) is 0.615. The van der Waals surface area contributed by atoms with Crippen molar-refractivity contribution >= 4 is 21.6 Å². The standard InChI is InChI=1S/C22H27ClN2O6S/c23-18-3-1-17(2-4-18)15-29-16-19(26)14-24-7-9-25(10-8-24)32(27,28)20-5-6-21-22(13-20)31-12-11-30-21/h1-6,13,19,26H,7-12,14-16H2. The Hall–Kier alpha value is -1.88. The van der Waals surface area contributed by atoms with Crippen LogP contribution < -0.4 is 9.47 Å². The molecule has 2 aliphatic rings. The fourth-order valence-electron chi connectivity index (χ4n) is 3.73. The number of aliphatic hydroxyl groups excluding tert-OH is 1. The molecule has 8 nitrogen and oxygen atoms in total. The second kappa shape index (κ2) is 10.4. The summed E-state index contributed by atoms with van der Waals surface area (Å²) in [5.41, 5.74) is 0.986. The van der Waals surface area contributed by atoms with Gasteiger partial charge in [-0.25, -0.2) is 8.42 Å². The zero-order valence-electron chi connectivity index (χ0n) is 17.7. The zero-order chi connectivity index (χ0) is 22.6. The molecule has 0 spiro atoms. The Morgan fingerprint density at radius 1 is 1.00 bits per heavy atom. The summed E-state index contributed by atoms with van der Waals surface area (Å²) in [6.07, 6.45) is -0.650. The Balaban J connectivity index is 1.24. The van der Waals surface area contributed by atoms with Crippen LogP contribution in [0.5, 0.6) is 11.5 Å². The van der Waals surface area contributed by atoms with Crippen LogP contribution in [0.25, 0.3) is 0 Å². The Morgan fingerprint density at radius 3 is 2.41 bits per heavy atom. The number of rotatable bonds is 8. The molecule has 4 rings (SSSR count). The zero-order valence-corrected chi connectivity index (χ0v) is 19.2. The molecule has 32 heavy (non-hydrogen) atoms. The monoisotopic (exact) mass is 482 g/mol. The number of nitrogens with zero attached hydrogens (tertiary/aromatic N) is 2. The lowest BCUT2D eigenvalue weighted by Crippen LogP contribution is -2.50. The van der Waals surface area contributed by atoms with Gasteiger partial charge < -0.3 is 19.3 Å². The number of β-amino-alcohol motifs (C(OH)–C–C–N with tert-alkyl or cyclic N) is 1. The van der Waals surface area contributed by atoms with Crippen LogP contribution in [0.2, 0.25) is 5.02 Å². The summed E-state index contributed by atoms with van der Waals surface area (Å²) in [6, 6.07) is 12.1. The van der Waals surface area contributed by atoms with Crippen molar-refractivity contribution in [2.45, 2.75) is 17.6 Å². The largest absolute Gasteiger partial charge is 0.486 e. The maximum atomic E-state index is 13.0. The van der Waals surface area contributed by atoms with Crippen molar-refractivity contribution < 1.29 is 27.7 Å². The average Bonchev–Trinajstić information content (AvgIpc) is 2.80. The van der Waals surface area contributed by atoms with Crippen LogP contribution in [0, 0.1) is 0 Å². The van der Waals surface area contributed by atoms with Gasteiger partial charge in [0.1, 0.15) is 13.2 Å². The molecule has 2 aliphatic heterocycles. The van der Waals surface area contributed by atoms with Crippen LogP contribution in [0.3, 0.4) is 0 Å². The molecule has 1 atom stereocenters.